The van der Waals surface area contributed by atoms with Gasteiger partial charge >= 0.3 is 8.32 Å². The molecule has 0 N–H and O–H groups in total. The molecule has 0 heterocycles. The maximum Gasteiger partial charge on any atom is 0.329 e. The summed E-state index contributed by atoms with van der Waals surface area (Å²) in [5, 5.41) is 10.8. The molecule has 0 aliphatic carbocycles. The number of hydrogen-bond donors (Lipinski definition) is 0. The van der Waals surface area contributed by atoms with Gasteiger partial charge in [0.2, 0.25) is 6.17 Å². The summed E-state index contributed by atoms with van der Waals surface area (Å²) < 4.78 is 12.0. The van der Waals surface area contributed by atoms with E-state index in [2.05, 4.69) is 33.9 Å². The summed E-state index contributed by atoms with van der Waals surface area (Å²) in [5.41, 5.74) is 0.837. The van der Waals surface area contributed by atoms with Crippen LogP contribution < -0.4 is 4.43 Å². The lowest BCUT2D eigenvalue weighted by atomic mass is 10.1. The van der Waals surface area contributed by atoms with Crippen LogP contribution in [0.5, 0.6) is 5.75 Å². The van der Waals surface area contributed by atoms with Crippen molar-refractivity contribution in [3.05, 3.63) is 39.9 Å². The molecule has 1 atom stereocenters. The quantitative estimate of drug-likeness (QED) is 0.334. The van der Waals surface area contributed by atoms with Crippen molar-refractivity contribution < 1.29 is 18.6 Å². The van der Waals surface area contributed by atoms with E-state index in [1.807, 2.05) is 39.5 Å². The van der Waals surface area contributed by atoms with Gasteiger partial charge in [0, 0.05) is 4.92 Å². The van der Waals surface area contributed by atoms with Crippen LogP contribution in [0.1, 0.15) is 47.1 Å². The fourth-order valence-corrected chi connectivity index (χ4v) is 5.19. The molecule has 0 saturated carbocycles. The molecule has 1 unspecified atom stereocenters. The summed E-state index contributed by atoms with van der Waals surface area (Å²) in [6.07, 6.45) is 0.0484. The van der Waals surface area contributed by atoms with Crippen molar-refractivity contribution in [1.82, 2.24) is 0 Å². The van der Waals surface area contributed by atoms with Crippen LogP contribution >= 0.6 is 0 Å². The third-order valence-corrected chi connectivity index (χ3v) is 14.9. The van der Waals surface area contributed by atoms with E-state index in [0.717, 1.165) is 5.56 Å². The summed E-state index contributed by atoms with van der Waals surface area (Å²) >= 11 is 0. The summed E-state index contributed by atoms with van der Waals surface area (Å²) in [6.45, 7) is 18.2. The summed E-state index contributed by atoms with van der Waals surface area (Å²) in [7, 11) is -4.78. The standard InChI is InChI=1S/C20H35NO5Si2/c1-19(2,3)27(7,8)26-18(22)14-16-10-12-17(13-11-16)25-28(9,15-21(23)24)20(4,5)6/h10-13H,14-15H2,1-9H3. The van der Waals surface area contributed by atoms with Crippen LogP contribution in [0.3, 0.4) is 0 Å². The summed E-state index contributed by atoms with van der Waals surface area (Å²) in [5.74, 6) is 0.384. The van der Waals surface area contributed by atoms with Gasteiger partial charge in [0.25, 0.3) is 14.3 Å². The van der Waals surface area contributed by atoms with E-state index in [1.165, 1.54) is 0 Å². The Morgan fingerprint density at radius 1 is 1.00 bits per heavy atom. The van der Waals surface area contributed by atoms with Crippen molar-refractivity contribution >= 4 is 22.6 Å². The Kier molecular flexibility index (Phi) is 7.28. The molecule has 0 bridgehead atoms. The van der Waals surface area contributed by atoms with E-state index in [-0.39, 0.29) is 33.6 Å². The average molecular weight is 426 g/mol. The van der Waals surface area contributed by atoms with Gasteiger partial charge in [-0.1, -0.05) is 53.7 Å². The number of carbonyl (C=O) groups excluding carboxylic acids is 1. The molecule has 1 rings (SSSR count). The highest BCUT2D eigenvalue weighted by molar-refractivity contribution is 6.76. The van der Waals surface area contributed by atoms with Gasteiger partial charge in [-0.3, -0.25) is 14.9 Å². The molecule has 0 aliphatic heterocycles. The second kappa shape index (κ2) is 8.36. The maximum absolute atomic E-state index is 12.4. The van der Waals surface area contributed by atoms with Gasteiger partial charge in [-0.05, 0) is 47.4 Å². The lowest BCUT2D eigenvalue weighted by molar-refractivity contribution is -0.464. The predicted molar refractivity (Wildman–Crippen MR) is 117 cm³/mol. The van der Waals surface area contributed by atoms with Gasteiger partial charge in [0.1, 0.15) is 5.75 Å². The average Bonchev–Trinajstić information content (AvgIpc) is 2.45. The Bertz CT molecular complexity index is 705. The topological polar surface area (TPSA) is 78.7 Å². The molecule has 8 heteroatoms. The molecule has 6 nitrogen and oxygen atoms in total. The van der Waals surface area contributed by atoms with E-state index >= 15 is 0 Å². The minimum Gasteiger partial charge on any atom is -0.536 e. The van der Waals surface area contributed by atoms with Crippen molar-refractivity contribution in [2.45, 2.75) is 77.7 Å². The molecule has 0 fully saturated rings. The van der Waals surface area contributed by atoms with Crippen molar-refractivity contribution in [3.63, 3.8) is 0 Å². The van der Waals surface area contributed by atoms with Crippen LogP contribution in [-0.2, 0) is 15.6 Å². The van der Waals surface area contributed by atoms with Crippen LogP contribution in [0, 0.1) is 10.1 Å². The second-order valence-corrected chi connectivity index (χ2v) is 19.3. The van der Waals surface area contributed by atoms with Crippen LogP contribution in [-0.4, -0.2) is 33.7 Å². The lowest BCUT2D eigenvalue weighted by Gasteiger charge is -2.36. The Morgan fingerprint density at radius 2 is 1.50 bits per heavy atom. The van der Waals surface area contributed by atoms with Gasteiger partial charge in [-0.15, -0.1) is 0 Å². The SMILES string of the molecule is CC(C)(C)[Si](C)(C)OC(=O)Cc1ccc(O[Si](C)(C[N+](=O)[O-])C(C)(C)C)cc1. The summed E-state index contributed by atoms with van der Waals surface area (Å²) in [6, 6.07) is 7.22. The third-order valence-electron chi connectivity index (χ3n) is 5.81. The monoisotopic (exact) mass is 425 g/mol. The molecule has 158 valence electrons. The number of nitro groups is 1. The zero-order valence-corrected chi connectivity index (χ0v) is 20.7. The van der Waals surface area contributed by atoms with E-state index in [1.54, 1.807) is 12.1 Å². The van der Waals surface area contributed by atoms with E-state index in [9.17, 15) is 14.9 Å². The molecule has 0 aromatic heterocycles. The molecular formula is C20H35NO5Si2. The fraction of sp³-hybridized carbons (Fsp3) is 0.650. The highest BCUT2D eigenvalue weighted by atomic mass is 28.4. The molecule has 1 aromatic rings. The minimum absolute atomic E-state index is 0.0284. The molecule has 0 radical (unpaired) electrons. The van der Waals surface area contributed by atoms with E-state index in [4.69, 9.17) is 8.85 Å². The Hall–Kier alpha value is -1.68. The minimum atomic E-state index is -2.64. The van der Waals surface area contributed by atoms with Gasteiger partial charge in [-0.25, -0.2) is 0 Å². The first-order valence-corrected chi connectivity index (χ1v) is 15.1. The van der Waals surface area contributed by atoms with Gasteiger partial charge < -0.3 is 8.85 Å². The van der Waals surface area contributed by atoms with Gasteiger partial charge in [0.05, 0.1) is 6.42 Å². The molecule has 0 spiro atoms. The van der Waals surface area contributed by atoms with Crippen LogP contribution in [0.15, 0.2) is 24.3 Å². The zero-order chi connectivity index (χ0) is 22.0. The molecule has 0 saturated heterocycles. The smallest absolute Gasteiger partial charge is 0.329 e. The number of rotatable bonds is 7. The second-order valence-electron chi connectivity index (χ2n) is 10.1. The highest BCUT2D eigenvalue weighted by Gasteiger charge is 2.49. The molecule has 0 aliphatic rings. The summed E-state index contributed by atoms with van der Waals surface area (Å²) in [4.78, 5) is 23.2. The van der Waals surface area contributed by atoms with Crippen LogP contribution in [0.25, 0.3) is 0 Å². The predicted octanol–water partition coefficient (Wildman–Crippen LogP) is 5.35. The zero-order valence-electron chi connectivity index (χ0n) is 18.7. The van der Waals surface area contributed by atoms with Crippen molar-refractivity contribution in [2.24, 2.45) is 0 Å². The molecular weight excluding hydrogens is 390 g/mol. The van der Waals surface area contributed by atoms with Crippen LogP contribution in [0.4, 0.5) is 0 Å². The third kappa shape index (κ3) is 6.44. The van der Waals surface area contributed by atoms with Crippen molar-refractivity contribution in [2.75, 3.05) is 6.17 Å². The Morgan fingerprint density at radius 3 is 1.89 bits per heavy atom. The van der Waals surface area contributed by atoms with Crippen molar-refractivity contribution in [1.29, 1.82) is 0 Å². The first-order chi connectivity index (χ1) is 12.5. The largest absolute Gasteiger partial charge is 0.536 e. The molecule has 0 amide bonds. The Balaban J connectivity index is 2.86. The number of hydrogen-bond acceptors (Lipinski definition) is 5. The fourth-order valence-electron chi connectivity index (χ4n) is 2.24. The highest BCUT2D eigenvalue weighted by Crippen LogP contribution is 2.38. The van der Waals surface area contributed by atoms with Gasteiger partial charge in [-0.2, -0.15) is 0 Å². The van der Waals surface area contributed by atoms with Crippen molar-refractivity contribution in [3.8, 4) is 5.75 Å². The molecule has 28 heavy (non-hydrogen) atoms. The van der Waals surface area contributed by atoms with Crippen LogP contribution in [0.2, 0.25) is 29.7 Å². The maximum atomic E-state index is 12.4. The first kappa shape index (κ1) is 24.4. The Labute approximate surface area is 171 Å². The van der Waals surface area contributed by atoms with Gasteiger partial charge in [0.15, 0.2) is 0 Å². The lowest BCUT2D eigenvalue weighted by Crippen LogP contribution is -2.53. The number of benzene rings is 1. The van der Waals surface area contributed by atoms with E-state index in [0.29, 0.717) is 5.75 Å². The normalized spacial score (nSPS) is 14.9. The molecule has 1 aromatic carbocycles. The number of carbonyl (C=O) groups is 1. The number of nitrogens with zero attached hydrogens (tertiary/aromatic N) is 1. The first-order valence-electron chi connectivity index (χ1n) is 9.58. The van der Waals surface area contributed by atoms with E-state index < -0.39 is 16.6 Å².